The van der Waals surface area contributed by atoms with Gasteiger partial charge >= 0.3 is 0 Å². The van der Waals surface area contributed by atoms with Gasteiger partial charge in [0.25, 0.3) is 0 Å². The molecule has 0 fully saturated rings. The molecule has 0 aliphatic carbocycles. The lowest BCUT2D eigenvalue weighted by molar-refractivity contribution is 0.580. The van der Waals surface area contributed by atoms with E-state index >= 15 is 0 Å². The largest absolute Gasteiger partial charge is 0.268 e. The molecule has 1 heterocycles. The second-order valence-electron chi connectivity index (χ2n) is 5.60. The van der Waals surface area contributed by atoms with Crippen molar-refractivity contribution in [2.45, 2.75) is 22.8 Å². The third kappa shape index (κ3) is 3.20. The summed E-state index contributed by atoms with van der Waals surface area (Å²) in [7, 11) is -5.12. The summed E-state index contributed by atoms with van der Waals surface area (Å²) in [5.74, 6) is -1.13. The Hall–Kier alpha value is -1.44. The van der Waals surface area contributed by atoms with Crippen LogP contribution in [0.3, 0.4) is 0 Å². The minimum atomic E-state index is -3.85. The van der Waals surface area contributed by atoms with Crippen LogP contribution in [0.5, 0.6) is 0 Å². The predicted molar refractivity (Wildman–Crippen MR) is 93.7 cm³/mol. The van der Waals surface area contributed by atoms with Crippen LogP contribution in [-0.2, 0) is 26.6 Å². The molecular weight excluding hydrogens is 373 g/mol. The first-order valence-electron chi connectivity index (χ1n) is 7.23. The molecule has 2 atom stereocenters. The standard InChI is InChI=1S/C16H15ClFNO3S2/c1-11-9-19(15-4-2-3-5-16(15)23(11)20)24(21,22)10-12-8-13(17)6-7-14(12)18/h2-8,11H,9-10H2,1H3/t11-,23+/m0/s1. The Morgan fingerprint density at radius 3 is 2.75 bits per heavy atom. The average molecular weight is 388 g/mol. The fourth-order valence-corrected chi connectivity index (χ4v) is 5.98. The topological polar surface area (TPSA) is 54.5 Å². The number of anilines is 1. The van der Waals surface area contributed by atoms with Crippen LogP contribution in [0.25, 0.3) is 0 Å². The van der Waals surface area contributed by atoms with Crippen LogP contribution in [0.1, 0.15) is 12.5 Å². The number of benzene rings is 2. The Morgan fingerprint density at radius 1 is 1.29 bits per heavy atom. The lowest BCUT2D eigenvalue weighted by Crippen LogP contribution is -2.42. The molecule has 0 saturated heterocycles. The van der Waals surface area contributed by atoms with Crippen LogP contribution in [0.4, 0.5) is 10.1 Å². The molecule has 8 heteroatoms. The summed E-state index contributed by atoms with van der Waals surface area (Å²) < 4.78 is 53.2. The van der Waals surface area contributed by atoms with Crippen molar-refractivity contribution >= 4 is 38.1 Å². The van der Waals surface area contributed by atoms with Crippen molar-refractivity contribution in [3.8, 4) is 0 Å². The monoisotopic (exact) mass is 387 g/mol. The highest BCUT2D eigenvalue weighted by Crippen LogP contribution is 2.34. The van der Waals surface area contributed by atoms with Gasteiger partial charge in [0.05, 0.1) is 32.4 Å². The molecule has 0 bridgehead atoms. The number of halogens is 2. The zero-order valence-corrected chi connectivity index (χ0v) is 15.2. The second-order valence-corrected chi connectivity index (χ2v) is 9.77. The minimum Gasteiger partial charge on any atom is -0.268 e. The lowest BCUT2D eigenvalue weighted by atomic mass is 10.2. The van der Waals surface area contributed by atoms with E-state index < -0.39 is 32.4 Å². The third-order valence-electron chi connectivity index (χ3n) is 3.82. The molecule has 2 aromatic rings. The zero-order valence-electron chi connectivity index (χ0n) is 12.8. The summed E-state index contributed by atoms with van der Waals surface area (Å²) in [6, 6.07) is 10.5. The molecule has 3 rings (SSSR count). The molecule has 4 nitrogen and oxygen atoms in total. The van der Waals surface area contributed by atoms with E-state index in [4.69, 9.17) is 11.6 Å². The Labute approximate surface area is 147 Å². The number of nitrogens with zero attached hydrogens (tertiary/aromatic N) is 1. The molecule has 0 spiro atoms. The second kappa shape index (κ2) is 6.46. The number of hydrogen-bond acceptors (Lipinski definition) is 3. The summed E-state index contributed by atoms with van der Waals surface area (Å²) in [5.41, 5.74) is 0.399. The van der Waals surface area contributed by atoms with E-state index in [-0.39, 0.29) is 22.4 Å². The maximum atomic E-state index is 13.9. The van der Waals surface area contributed by atoms with E-state index in [9.17, 15) is 17.0 Å². The van der Waals surface area contributed by atoms with Gasteiger partial charge in [-0.25, -0.2) is 12.8 Å². The van der Waals surface area contributed by atoms with Crippen LogP contribution in [-0.4, -0.2) is 24.4 Å². The minimum absolute atomic E-state index is 0.0133. The van der Waals surface area contributed by atoms with E-state index in [2.05, 4.69) is 0 Å². The smallest absolute Gasteiger partial charge is 0.239 e. The highest BCUT2D eigenvalue weighted by atomic mass is 35.5. The average Bonchev–Trinajstić information content (AvgIpc) is 2.54. The fraction of sp³-hybridized carbons (Fsp3) is 0.250. The maximum Gasteiger partial charge on any atom is 0.239 e. The van der Waals surface area contributed by atoms with Gasteiger partial charge in [-0.2, -0.15) is 0 Å². The van der Waals surface area contributed by atoms with Gasteiger partial charge in [0.1, 0.15) is 5.82 Å². The van der Waals surface area contributed by atoms with E-state index in [0.717, 1.165) is 6.07 Å². The van der Waals surface area contributed by atoms with Gasteiger partial charge in [0, 0.05) is 17.1 Å². The van der Waals surface area contributed by atoms with Crippen molar-refractivity contribution < 1.29 is 17.0 Å². The van der Waals surface area contributed by atoms with Crippen LogP contribution < -0.4 is 4.31 Å². The number of fused-ring (bicyclic) bond motifs is 1. The molecule has 2 aromatic carbocycles. The molecule has 0 amide bonds. The fourth-order valence-electron chi connectivity index (χ4n) is 2.64. The molecule has 0 radical (unpaired) electrons. The Morgan fingerprint density at radius 2 is 2.00 bits per heavy atom. The van der Waals surface area contributed by atoms with Crippen molar-refractivity contribution in [1.29, 1.82) is 0 Å². The van der Waals surface area contributed by atoms with Gasteiger partial charge in [-0.05, 0) is 37.3 Å². The van der Waals surface area contributed by atoms with E-state index in [1.54, 1.807) is 31.2 Å². The van der Waals surface area contributed by atoms with Gasteiger partial charge in [0.15, 0.2) is 0 Å². The summed E-state index contributed by atoms with van der Waals surface area (Å²) >= 11 is 5.84. The molecule has 0 unspecified atom stereocenters. The summed E-state index contributed by atoms with van der Waals surface area (Å²) in [6.07, 6.45) is 0. The molecule has 0 saturated carbocycles. The summed E-state index contributed by atoms with van der Waals surface area (Å²) in [6.45, 7) is 1.82. The predicted octanol–water partition coefficient (Wildman–Crippen LogP) is 3.33. The SMILES string of the molecule is C[C@H]1CN(S(=O)(=O)Cc2cc(Cl)ccc2F)c2ccccc2[S@@]1=O. The van der Waals surface area contributed by atoms with Crippen LogP contribution in [0, 0.1) is 5.82 Å². The van der Waals surface area contributed by atoms with Crippen molar-refractivity contribution in [2.75, 3.05) is 10.8 Å². The Bertz CT molecular complexity index is 917. The molecule has 0 N–H and O–H groups in total. The Kier molecular flexibility index (Phi) is 4.68. The first kappa shape index (κ1) is 17.4. The molecule has 24 heavy (non-hydrogen) atoms. The first-order valence-corrected chi connectivity index (χ1v) is 10.4. The quantitative estimate of drug-likeness (QED) is 0.811. The molecule has 1 aliphatic rings. The van der Waals surface area contributed by atoms with E-state index in [0.29, 0.717) is 10.6 Å². The van der Waals surface area contributed by atoms with Gasteiger partial charge < -0.3 is 0 Å². The van der Waals surface area contributed by atoms with Crippen molar-refractivity contribution in [2.24, 2.45) is 0 Å². The number of rotatable bonds is 3. The van der Waals surface area contributed by atoms with E-state index in [1.807, 2.05) is 0 Å². The highest BCUT2D eigenvalue weighted by Gasteiger charge is 2.34. The van der Waals surface area contributed by atoms with E-state index in [1.165, 1.54) is 16.4 Å². The normalized spacial score (nSPS) is 20.7. The van der Waals surface area contributed by atoms with Crippen LogP contribution >= 0.6 is 11.6 Å². The Balaban J connectivity index is 2.02. The van der Waals surface area contributed by atoms with Crippen molar-refractivity contribution in [1.82, 2.24) is 0 Å². The van der Waals surface area contributed by atoms with Gasteiger partial charge in [-0.15, -0.1) is 0 Å². The van der Waals surface area contributed by atoms with Crippen LogP contribution in [0.2, 0.25) is 5.02 Å². The molecule has 1 aliphatic heterocycles. The molecule has 0 aromatic heterocycles. The first-order chi connectivity index (χ1) is 11.3. The lowest BCUT2D eigenvalue weighted by Gasteiger charge is -2.33. The summed E-state index contributed by atoms with van der Waals surface area (Å²) in [4.78, 5) is 0.478. The molecular formula is C16H15ClFNO3S2. The highest BCUT2D eigenvalue weighted by molar-refractivity contribution is 7.92. The summed E-state index contributed by atoms with van der Waals surface area (Å²) in [5, 5.41) is -0.0750. The van der Waals surface area contributed by atoms with Crippen molar-refractivity contribution in [3.05, 3.63) is 58.9 Å². The zero-order chi connectivity index (χ0) is 17.5. The van der Waals surface area contributed by atoms with Crippen molar-refractivity contribution in [3.63, 3.8) is 0 Å². The molecule has 128 valence electrons. The number of para-hydroxylation sites is 1. The number of sulfonamides is 1. The van der Waals surface area contributed by atoms with Gasteiger partial charge in [0.2, 0.25) is 10.0 Å². The number of hydrogen-bond donors (Lipinski definition) is 0. The van der Waals surface area contributed by atoms with Gasteiger partial charge in [-0.3, -0.25) is 8.51 Å². The maximum absolute atomic E-state index is 13.9. The third-order valence-corrected chi connectivity index (χ3v) is 7.41. The van der Waals surface area contributed by atoms with Crippen LogP contribution in [0.15, 0.2) is 47.4 Å². The van der Waals surface area contributed by atoms with Gasteiger partial charge in [-0.1, -0.05) is 23.7 Å².